The number of anilines is 1. The lowest BCUT2D eigenvalue weighted by molar-refractivity contribution is -0.114. The Hall–Kier alpha value is -2.30. The standard InChI is InChI=1S/C18H14Cl2N2O2/c1-11-14(9-12-5-3-4-6-17(12)24-2)18(23)22(21-11)16-8-7-13(19)10-15(16)20/h3-10H,1-2H3. The van der Waals surface area contributed by atoms with E-state index in [0.717, 1.165) is 5.56 Å². The van der Waals surface area contributed by atoms with Crippen LogP contribution < -0.4 is 9.75 Å². The Kier molecular flexibility index (Phi) is 4.60. The van der Waals surface area contributed by atoms with Crippen molar-refractivity contribution < 1.29 is 9.53 Å². The summed E-state index contributed by atoms with van der Waals surface area (Å²) in [5, 5.41) is 6.48. The highest BCUT2D eigenvalue weighted by Gasteiger charge is 2.30. The zero-order valence-corrected chi connectivity index (χ0v) is 14.6. The van der Waals surface area contributed by atoms with E-state index in [9.17, 15) is 4.79 Å². The number of rotatable bonds is 3. The van der Waals surface area contributed by atoms with Crippen molar-refractivity contribution in [3.05, 3.63) is 63.6 Å². The second-order valence-corrected chi connectivity index (χ2v) is 6.04. The normalized spacial score (nSPS) is 15.8. The van der Waals surface area contributed by atoms with E-state index in [2.05, 4.69) is 5.10 Å². The molecule has 2 aromatic rings. The largest absolute Gasteiger partial charge is 0.496 e. The van der Waals surface area contributed by atoms with Gasteiger partial charge < -0.3 is 4.74 Å². The summed E-state index contributed by atoms with van der Waals surface area (Å²) in [4.78, 5) is 12.8. The molecule has 2 aromatic carbocycles. The van der Waals surface area contributed by atoms with Crippen LogP contribution in [0.1, 0.15) is 12.5 Å². The topological polar surface area (TPSA) is 41.9 Å². The highest BCUT2D eigenvalue weighted by atomic mass is 35.5. The lowest BCUT2D eigenvalue weighted by Crippen LogP contribution is -2.21. The van der Waals surface area contributed by atoms with Crippen molar-refractivity contribution in [1.82, 2.24) is 0 Å². The van der Waals surface area contributed by atoms with E-state index in [1.807, 2.05) is 24.3 Å². The molecule has 0 fully saturated rings. The predicted octanol–water partition coefficient (Wildman–Crippen LogP) is 4.81. The van der Waals surface area contributed by atoms with Crippen molar-refractivity contribution in [2.75, 3.05) is 12.1 Å². The first-order valence-corrected chi connectivity index (χ1v) is 7.96. The van der Waals surface area contributed by atoms with Gasteiger partial charge in [-0.05, 0) is 37.3 Å². The molecule has 0 bridgehead atoms. The van der Waals surface area contributed by atoms with Crippen molar-refractivity contribution in [3.63, 3.8) is 0 Å². The number of para-hydroxylation sites is 1. The van der Waals surface area contributed by atoms with Gasteiger partial charge in [-0.3, -0.25) is 4.79 Å². The number of nitrogens with zero attached hydrogens (tertiary/aromatic N) is 2. The zero-order valence-electron chi connectivity index (χ0n) is 13.1. The molecule has 0 aromatic heterocycles. The van der Waals surface area contributed by atoms with E-state index >= 15 is 0 Å². The Balaban J connectivity index is 2.00. The van der Waals surface area contributed by atoms with Crippen LogP contribution in [0.5, 0.6) is 5.75 Å². The fraction of sp³-hybridized carbons (Fsp3) is 0.111. The summed E-state index contributed by atoms with van der Waals surface area (Å²) in [5.41, 5.74) is 2.40. The molecule has 1 aliphatic heterocycles. The SMILES string of the molecule is COc1ccccc1C=C1C(=O)N(c2ccc(Cl)cc2Cl)N=C1C. The molecule has 1 amide bonds. The molecule has 1 aliphatic rings. The molecule has 0 saturated heterocycles. The Morgan fingerprint density at radius 2 is 1.92 bits per heavy atom. The first kappa shape index (κ1) is 16.6. The number of hydrogen-bond acceptors (Lipinski definition) is 3. The summed E-state index contributed by atoms with van der Waals surface area (Å²) < 4.78 is 5.32. The van der Waals surface area contributed by atoms with E-state index in [1.54, 1.807) is 38.3 Å². The van der Waals surface area contributed by atoms with Gasteiger partial charge in [0.15, 0.2) is 0 Å². The summed E-state index contributed by atoms with van der Waals surface area (Å²) in [6.45, 7) is 1.78. The van der Waals surface area contributed by atoms with Crippen LogP contribution in [0.25, 0.3) is 6.08 Å². The zero-order chi connectivity index (χ0) is 17.3. The molecule has 0 unspecified atom stereocenters. The number of benzene rings is 2. The third kappa shape index (κ3) is 3.03. The van der Waals surface area contributed by atoms with Gasteiger partial charge in [0, 0.05) is 10.6 Å². The van der Waals surface area contributed by atoms with Gasteiger partial charge in [-0.15, -0.1) is 0 Å². The lowest BCUT2D eigenvalue weighted by atomic mass is 10.1. The summed E-state index contributed by atoms with van der Waals surface area (Å²) in [5.74, 6) is 0.441. The Bertz CT molecular complexity index is 875. The molecule has 24 heavy (non-hydrogen) atoms. The van der Waals surface area contributed by atoms with Gasteiger partial charge in [0.05, 0.1) is 29.1 Å². The minimum atomic E-state index is -0.248. The smallest absolute Gasteiger partial charge is 0.280 e. The summed E-state index contributed by atoms with van der Waals surface area (Å²) in [6.07, 6.45) is 1.77. The molecule has 0 radical (unpaired) electrons. The first-order valence-electron chi connectivity index (χ1n) is 7.21. The maximum absolute atomic E-state index is 12.8. The Morgan fingerprint density at radius 3 is 2.62 bits per heavy atom. The second-order valence-electron chi connectivity index (χ2n) is 5.20. The van der Waals surface area contributed by atoms with Gasteiger partial charge in [-0.1, -0.05) is 41.4 Å². The van der Waals surface area contributed by atoms with E-state index in [1.165, 1.54) is 5.01 Å². The summed E-state index contributed by atoms with van der Waals surface area (Å²) in [7, 11) is 1.59. The third-order valence-corrected chi connectivity index (χ3v) is 4.18. The van der Waals surface area contributed by atoms with Gasteiger partial charge in [-0.2, -0.15) is 10.1 Å². The van der Waals surface area contributed by atoms with Crippen molar-refractivity contribution in [3.8, 4) is 5.75 Å². The third-order valence-electron chi connectivity index (χ3n) is 3.64. The van der Waals surface area contributed by atoms with E-state index in [-0.39, 0.29) is 5.91 Å². The molecule has 1 heterocycles. The van der Waals surface area contributed by atoms with Crippen LogP contribution >= 0.6 is 23.2 Å². The maximum Gasteiger partial charge on any atom is 0.280 e. The van der Waals surface area contributed by atoms with Crippen LogP contribution in [0.4, 0.5) is 5.69 Å². The fourth-order valence-electron chi connectivity index (χ4n) is 2.44. The van der Waals surface area contributed by atoms with Crippen LogP contribution in [0, 0.1) is 0 Å². The number of ether oxygens (including phenoxy) is 1. The molecule has 0 aliphatic carbocycles. The summed E-state index contributed by atoms with van der Waals surface area (Å²) in [6, 6.07) is 12.4. The first-order chi connectivity index (χ1) is 11.5. The highest BCUT2D eigenvalue weighted by molar-refractivity contribution is 6.38. The van der Waals surface area contributed by atoms with Crippen LogP contribution in [0.15, 0.2) is 53.1 Å². The number of halogens is 2. The molecule has 4 nitrogen and oxygen atoms in total. The number of carbonyl (C=O) groups excluding carboxylic acids is 1. The lowest BCUT2D eigenvalue weighted by Gasteiger charge is -2.13. The molecular weight excluding hydrogens is 347 g/mol. The number of amides is 1. The van der Waals surface area contributed by atoms with E-state index < -0.39 is 0 Å². The van der Waals surface area contributed by atoms with E-state index in [4.69, 9.17) is 27.9 Å². The number of methoxy groups -OCH3 is 1. The fourth-order valence-corrected chi connectivity index (χ4v) is 2.93. The average Bonchev–Trinajstić information content (AvgIpc) is 2.83. The molecular formula is C18H14Cl2N2O2. The Labute approximate surface area is 149 Å². The molecule has 122 valence electrons. The molecule has 0 spiro atoms. The Morgan fingerprint density at radius 1 is 1.17 bits per heavy atom. The van der Waals surface area contributed by atoms with Crippen LogP contribution in [0.2, 0.25) is 10.0 Å². The number of carbonyl (C=O) groups is 1. The van der Waals surface area contributed by atoms with Crippen molar-refractivity contribution >= 4 is 46.6 Å². The number of hydrazone groups is 1. The quantitative estimate of drug-likeness (QED) is 0.737. The molecule has 6 heteroatoms. The van der Waals surface area contributed by atoms with Crippen LogP contribution in [0.3, 0.4) is 0 Å². The molecule has 0 N–H and O–H groups in total. The van der Waals surface area contributed by atoms with Crippen molar-refractivity contribution in [1.29, 1.82) is 0 Å². The van der Waals surface area contributed by atoms with Gasteiger partial charge in [0.2, 0.25) is 0 Å². The monoisotopic (exact) mass is 360 g/mol. The minimum Gasteiger partial charge on any atom is -0.496 e. The maximum atomic E-state index is 12.8. The average molecular weight is 361 g/mol. The molecule has 0 saturated carbocycles. The van der Waals surface area contributed by atoms with E-state index in [0.29, 0.717) is 32.8 Å². The van der Waals surface area contributed by atoms with Crippen LogP contribution in [-0.2, 0) is 4.79 Å². The predicted molar refractivity (Wildman–Crippen MR) is 98.0 cm³/mol. The van der Waals surface area contributed by atoms with Gasteiger partial charge in [0.25, 0.3) is 5.91 Å². The highest BCUT2D eigenvalue weighted by Crippen LogP contribution is 2.33. The number of hydrogen-bond donors (Lipinski definition) is 0. The molecule has 3 rings (SSSR count). The van der Waals surface area contributed by atoms with Crippen molar-refractivity contribution in [2.45, 2.75) is 6.92 Å². The van der Waals surface area contributed by atoms with Gasteiger partial charge in [-0.25, -0.2) is 0 Å². The van der Waals surface area contributed by atoms with Gasteiger partial charge in [0.1, 0.15) is 5.75 Å². The molecule has 0 atom stereocenters. The second kappa shape index (κ2) is 6.67. The van der Waals surface area contributed by atoms with Gasteiger partial charge >= 0.3 is 0 Å². The van der Waals surface area contributed by atoms with Crippen LogP contribution in [-0.4, -0.2) is 18.7 Å². The van der Waals surface area contributed by atoms with Crippen molar-refractivity contribution in [2.24, 2.45) is 5.10 Å². The minimum absolute atomic E-state index is 0.248. The summed E-state index contributed by atoms with van der Waals surface area (Å²) >= 11 is 12.1.